The van der Waals surface area contributed by atoms with E-state index in [1.807, 2.05) is 6.92 Å². The van der Waals surface area contributed by atoms with E-state index in [1.54, 1.807) is 0 Å². The van der Waals surface area contributed by atoms with Gasteiger partial charge in [-0.05, 0) is 36.0 Å². The van der Waals surface area contributed by atoms with E-state index in [2.05, 4.69) is 57.7 Å². The number of hydrogen-bond donors (Lipinski definition) is 0. The van der Waals surface area contributed by atoms with Gasteiger partial charge in [-0.2, -0.15) is 0 Å². The Morgan fingerprint density at radius 2 is 1.84 bits per heavy atom. The van der Waals surface area contributed by atoms with Gasteiger partial charge in [-0.15, -0.1) is 11.8 Å². The van der Waals surface area contributed by atoms with Crippen molar-refractivity contribution < 1.29 is 4.74 Å². The highest BCUT2D eigenvalue weighted by atomic mass is 16.5. The first-order valence-corrected chi connectivity index (χ1v) is 7.21. The molecule has 0 aliphatic rings. The lowest BCUT2D eigenvalue weighted by Crippen LogP contribution is -2.14. The molecule has 104 valence electrons. The van der Waals surface area contributed by atoms with E-state index in [0.717, 1.165) is 25.0 Å². The number of hydrogen-bond acceptors (Lipinski definition) is 1. The molecule has 19 heavy (non-hydrogen) atoms. The summed E-state index contributed by atoms with van der Waals surface area (Å²) in [5.74, 6) is 7.33. The van der Waals surface area contributed by atoms with Crippen LogP contribution >= 0.6 is 0 Å². The molecule has 1 aromatic carbocycles. The van der Waals surface area contributed by atoms with Crippen molar-refractivity contribution in [2.45, 2.75) is 59.3 Å². The fourth-order valence-corrected chi connectivity index (χ4v) is 2.02. The minimum absolute atomic E-state index is 0.107. The Kier molecular flexibility index (Phi) is 5.96. The molecule has 0 aromatic heterocycles. The van der Waals surface area contributed by atoms with E-state index in [0.29, 0.717) is 6.61 Å². The molecule has 0 aliphatic heterocycles. The third-order valence-electron chi connectivity index (χ3n) is 2.99. The van der Waals surface area contributed by atoms with Crippen LogP contribution in [-0.4, -0.2) is 6.61 Å². The molecular weight excluding hydrogens is 232 g/mol. The Morgan fingerprint density at radius 3 is 2.42 bits per heavy atom. The SMILES string of the molecule is CCC#CCCc1ccc(OCC)c(C(C)(C)C)c1. The van der Waals surface area contributed by atoms with Crippen LogP contribution in [0.1, 0.15) is 58.6 Å². The third-order valence-corrected chi connectivity index (χ3v) is 2.99. The van der Waals surface area contributed by atoms with Crippen molar-refractivity contribution in [1.82, 2.24) is 0 Å². The zero-order valence-corrected chi connectivity index (χ0v) is 13.0. The van der Waals surface area contributed by atoms with Crippen LogP contribution in [-0.2, 0) is 11.8 Å². The predicted molar refractivity (Wildman–Crippen MR) is 82.7 cm³/mol. The largest absolute Gasteiger partial charge is 0.494 e. The smallest absolute Gasteiger partial charge is 0.123 e. The van der Waals surface area contributed by atoms with Gasteiger partial charge in [-0.25, -0.2) is 0 Å². The number of aryl methyl sites for hydroxylation is 1. The molecule has 1 heteroatoms. The Bertz CT molecular complexity index is 455. The normalized spacial score (nSPS) is 10.8. The average Bonchev–Trinajstić information content (AvgIpc) is 2.35. The molecule has 0 saturated carbocycles. The van der Waals surface area contributed by atoms with Crippen molar-refractivity contribution >= 4 is 0 Å². The van der Waals surface area contributed by atoms with Gasteiger partial charge >= 0.3 is 0 Å². The van der Waals surface area contributed by atoms with E-state index in [-0.39, 0.29) is 5.41 Å². The molecule has 0 saturated heterocycles. The molecule has 1 nitrogen and oxygen atoms in total. The number of ether oxygens (including phenoxy) is 1. The third kappa shape index (κ3) is 4.99. The molecule has 0 amide bonds. The zero-order valence-electron chi connectivity index (χ0n) is 13.0. The summed E-state index contributed by atoms with van der Waals surface area (Å²) in [7, 11) is 0. The first-order valence-electron chi connectivity index (χ1n) is 7.21. The monoisotopic (exact) mass is 258 g/mol. The van der Waals surface area contributed by atoms with Gasteiger partial charge in [-0.1, -0.05) is 39.8 Å². The van der Waals surface area contributed by atoms with E-state index in [9.17, 15) is 0 Å². The van der Waals surface area contributed by atoms with Crippen molar-refractivity contribution in [3.05, 3.63) is 29.3 Å². The molecule has 0 radical (unpaired) electrons. The van der Waals surface area contributed by atoms with Crippen molar-refractivity contribution in [2.75, 3.05) is 6.61 Å². The zero-order chi connectivity index (χ0) is 14.3. The second-order valence-corrected chi connectivity index (χ2v) is 5.72. The predicted octanol–water partition coefficient (Wildman–Crippen LogP) is 4.73. The summed E-state index contributed by atoms with van der Waals surface area (Å²) in [6.07, 6.45) is 2.89. The van der Waals surface area contributed by atoms with Crippen LogP contribution in [0.25, 0.3) is 0 Å². The Balaban J connectivity index is 2.91. The molecular formula is C18H26O. The maximum absolute atomic E-state index is 5.73. The number of rotatable bonds is 4. The highest BCUT2D eigenvalue weighted by Gasteiger charge is 2.19. The molecule has 0 bridgehead atoms. The summed E-state index contributed by atoms with van der Waals surface area (Å²) in [4.78, 5) is 0. The highest BCUT2D eigenvalue weighted by Crippen LogP contribution is 2.32. The average molecular weight is 258 g/mol. The molecule has 0 atom stereocenters. The topological polar surface area (TPSA) is 9.23 Å². The van der Waals surface area contributed by atoms with Gasteiger partial charge in [0.1, 0.15) is 5.75 Å². The van der Waals surface area contributed by atoms with Crippen LogP contribution in [0.3, 0.4) is 0 Å². The van der Waals surface area contributed by atoms with E-state index >= 15 is 0 Å². The van der Waals surface area contributed by atoms with E-state index in [4.69, 9.17) is 4.74 Å². The fraction of sp³-hybridized carbons (Fsp3) is 0.556. The Hall–Kier alpha value is -1.42. The summed E-state index contributed by atoms with van der Waals surface area (Å²) < 4.78 is 5.73. The van der Waals surface area contributed by atoms with Crippen molar-refractivity contribution in [3.63, 3.8) is 0 Å². The molecule has 0 spiro atoms. The summed E-state index contributed by atoms with van der Waals surface area (Å²) in [5.41, 5.74) is 2.74. The minimum atomic E-state index is 0.107. The quantitative estimate of drug-likeness (QED) is 0.709. The van der Waals surface area contributed by atoms with Crippen LogP contribution in [0, 0.1) is 11.8 Å². The second-order valence-electron chi connectivity index (χ2n) is 5.72. The van der Waals surface area contributed by atoms with Crippen molar-refractivity contribution in [1.29, 1.82) is 0 Å². The molecule has 0 fully saturated rings. The first-order chi connectivity index (χ1) is 8.99. The van der Waals surface area contributed by atoms with Crippen LogP contribution in [0.2, 0.25) is 0 Å². The van der Waals surface area contributed by atoms with Gasteiger partial charge in [0, 0.05) is 12.8 Å². The summed E-state index contributed by atoms with van der Waals surface area (Å²) in [5, 5.41) is 0. The fourth-order valence-electron chi connectivity index (χ4n) is 2.02. The second kappa shape index (κ2) is 7.24. The highest BCUT2D eigenvalue weighted by molar-refractivity contribution is 5.41. The first kappa shape index (κ1) is 15.6. The van der Waals surface area contributed by atoms with Gasteiger partial charge in [0.05, 0.1) is 6.61 Å². The standard InChI is InChI=1S/C18H26O/c1-6-8-9-10-11-15-12-13-17(19-7-2)16(14-15)18(3,4)5/h12-14H,6-7,10-11H2,1-5H3. The molecule has 0 heterocycles. The lowest BCUT2D eigenvalue weighted by molar-refractivity contribution is 0.329. The molecule has 0 unspecified atom stereocenters. The summed E-state index contributed by atoms with van der Waals surface area (Å²) >= 11 is 0. The Morgan fingerprint density at radius 1 is 1.11 bits per heavy atom. The molecule has 1 rings (SSSR count). The molecule has 0 aliphatic carbocycles. The van der Waals surface area contributed by atoms with Crippen molar-refractivity contribution in [3.8, 4) is 17.6 Å². The van der Waals surface area contributed by atoms with Gasteiger partial charge < -0.3 is 4.74 Å². The summed E-state index contributed by atoms with van der Waals surface area (Å²) in [6.45, 7) is 11.5. The van der Waals surface area contributed by atoms with Crippen LogP contribution in [0.4, 0.5) is 0 Å². The van der Waals surface area contributed by atoms with Crippen molar-refractivity contribution in [2.24, 2.45) is 0 Å². The Labute approximate surface area is 118 Å². The minimum Gasteiger partial charge on any atom is -0.494 e. The van der Waals surface area contributed by atoms with Crippen LogP contribution < -0.4 is 4.74 Å². The molecule has 0 N–H and O–H groups in total. The lowest BCUT2D eigenvalue weighted by atomic mass is 9.85. The number of benzene rings is 1. The lowest BCUT2D eigenvalue weighted by Gasteiger charge is -2.23. The maximum atomic E-state index is 5.73. The van der Waals surface area contributed by atoms with Gasteiger partial charge in [0.2, 0.25) is 0 Å². The summed E-state index contributed by atoms with van der Waals surface area (Å²) in [6, 6.07) is 6.54. The van der Waals surface area contributed by atoms with Gasteiger partial charge in [-0.3, -0.25) is 0 Å². The maximum Gasteiger partial charge on any atom is 0.123 e. The van der Waals surface area contributed by atoms with E-state index in [1.165, 1.54) is 11.1 Å². The van der Waals surface area contributed by atoms with Crippen LogP contribution in [0.5, 0.6) is 5.75 Å². The van der Waals surface area contributed by atoms with Gasteiger partial charge in [0.25, 0.3) is 0 Å². The van der Waals surface area contributed by atoms with Crippen LogP contribution in [0.15, 0.2) is 18.2 Å². The van der Waals surface area contributed by atoms with Gasteiger partial charge in [0.15, 0.2) is 0 Å². The molecule has 1 aromatic rings. The van der Waals surface area contributed by atoms with E-state index < -0.39 is 0 Å².